The van der Waals surface area contributed by atoms with Gasteiger partial charge in [-0.15, -0.1) is 0 Å². The van der Waals surface area contributed by atoms with E-state index in [-0.39, 0.29) is 0 Å². The average molecular weight is 247 g/mol. The second kappa shape index (κ2) is 3.50. The number of hydrogen-bond acceptors (Lipinski definition) is 2. The molecule has 1 aromatic heterocycles. The van der Waals surface area contributed by atoms with Crippen LogP contribution >= 0.6 is 22.6 Å². The summed E-state index contributed by atoms with van der Waals surface area (Å²) in [5, 5.41) is 7.34. The van der Waals surface area contributed by atoms with Gasteiger partial charge in [0.05, 0.1) is 0 Å². The Labute approximate surface area is 72.1 Å². The van der Waals surface area contributed by atoms with E-state index in [1.807, 2.05) is 4.08 Å². The van der Waals surface area contributed by atoms with Gasteiger partial charge in [-0.2, -0.15) is 0 Å². The number of rotatable bonds is 1. The molecule has 0 saturated heterocycles. The molecule has 3 nitrogen and oxygen atoms in total. The van der Waals surface area contributed by atoms with E-state index in [9.17, 15) is 0 Å². The smallest absolute Gasteiger partial charge is 0.131 e. The number of nitrogens with one attached hydrogen (secondary N) is 1. The zero-order valence-electron chi connectivity index (χ0n) is 5.16. The van der Waals surface area contributed by atoms with Gasteiger partial charge in [-0.25, -0.2) is 4.98 Å². The van der Waals surface area contributed by atoms with Crippen molar-refractivity contribution in [3.05, 3.63) is 28.2 Å². The average Bonchev–Trinajstić information content (AvgIpc) is 1.94. The fourth-order valence-corrected chi connectivity index (χ4v) is 0.898. The van der Waals surface area contributed by atoms with E-state index < -0.39 is 0 Å². The van der Waals surface area contributed by atoms with Crippen molar-refractivity contribution in [3.63, 3.8) is 0 Å². The third-order valence-corrected chi connectivity index (χ3v) is 1.33. The maximum absolute atomic E-state index is 7.34. The molecule has 0 unspecified atom stereocenters. The summed E-state index contributed by atoms with van der Waals surface area (Å²) in [5.74, 6) is 0. The lowest BCUT2D eigenvalue weighted by Crippen LogP contribution is -2.13. The third kappa shape index (κ3) is 1.66. The van der Waals surface area contributed by atoms with Crippen LogP contribution < -0.4 is 5.49 Å². The first kappa shape index (κ1) is 7.46. The first-order chi connectivity index (χ1) is 4.84. The molecule has 0 bridgehead atoms. The molecule has 0 spiro atoms. The van der Waals surface area contributed by atoms with Crippen LogP contribution in [0.5, 0.6) is 0 Å². The van der Waals surface area contributed by atoms with Crippen molar-refractivity contribution in [1.82, 2.24) is 9.55 Å². The summed E-state index contributed by atoms with van der Waals surface area (Å²) in [6.45, 7) is 0. The molecule has 0 aliphatic carbocycles. The maximum atomic E-state index is 7.34. The molecule has 1 aromatic rings. The van der Waals surface area contributed by atoms with Gasteiger partial charge in [0.2, 0.25) is 0 Å². The quantitative estimate of drug-likeness (QED) is 0.745. The Kier molecular flexibility index (Phi) is 2.61. The fourth-order valence-electron chi connectivity index (χ4n) is 0.552. The lowest BCUT2D eigenvalue weighted by Gasteiger charge is -1.94. The Morgan fingerprint density at radius 2 is 2.50 bits per heavy atom. The lowest BCUT2D eigenvalue weighted by molar-refractivity contribution is 0.928. The predicted molar refractivity (Wildman–Crippen MR) is 47.4 cm³/mol. The lowest BCUT2D eigenvalue weighted by atomic mass is 10.6. The minimum absolute atomic E-state index is 0.433. The summed E-state index contributed by atoms with van der Waals surface area (Å²) in [6.07, 6.45) is 4.97. The molecular formula is C6H6IN3. The largest absolute Gasteiger partial charge is 0.292 e. The highest BCUT2D eigenvalue weighted by molar-refractivity contribution is 14.1. The molecule has 1 heterocycles. The molecule has 0 aromatic carbocycles. The number of nitrogens with zero attached hydrogens (tertiary/aromatic N) is 2. The molecule has 1 N–H and O–H groups in total. The minimum Gasteiger partial charge on any atom is -0.292 e. The second-order valence-electron chi connectivity index (χ2n) is 1.65. The van der Waals surface area contributed by atoms with Crippen LogP contribution in [0.25, 0.3) is 6.20 Å². The highest BCUT2D eigenvalue weighted by Crippen LogP contribution is 1.85. The number of aromatic nitrogens is 2. The van der Waals surface area contributed by atoms with E-state index in [0.29, 0.717) is 5.49 Å². The van der Waals surface area contributed by atoms with E-state index in [1.54, 1.807) is 29.4 Å². The van der Waals surface area contributed by atoms with Gasteiger partial charge in [-0.1, -0.05) is 22.6 Å². The van der Waals surface area contributed by atoms with Gasteiger partial charge in [-0.05, 0) is 10.1 Å². The van der Waals surface area contributed by atoms with Crippen molar-refractivity contribution < 1.29 is 0 Å². The van der Waals surface area contributed by atoms with Crippen molar-refractivity contribution in [3.8, 4) is 0 Å². The molecule has 0 fully saturated rings. The first-order valence-electron chi connectivity index (χ1n) is 2.68. The molecule has 10 heavy (non-hydrogen) atoms. The summed E-state index contributed by atoms with van der Waals surface area (Å²) >= 11 is 2.10. The van der Waals surface area contributed by atoms with Gasteiger partial charge in [0.15, 0.2) is 0 Å². The molecule has 0 atom stereocenters. The third-order valence-electron chi connectivity index (χ3n) is 1.00. The Morgan fingerprint density at radius 1 is 1.70 bits per heavy atom. The monoisotopic (exact) mass is 247 g/mol. The molecule has 0 aliphatic rings. The van der Waals surface area contributed by atoms with Crippen molar-refractivity contribution in [2.45, 2.75) is 0 Å². The van der Waals surface area contributed by atoms with Gasteiger partial charge in [-0.3, -0.25) is 9.98 Å². The summed E-state index contributed by atoms with van der Waals surface area (Å²) in [7, 11) is 0. The summed E-state index contributed by atoms with van der Waals surface area (Å²) in [6, 6.07) is 1.64. The fraction of sp³-hybridized carbons (Fsp3) is 0. The van der Waals surface area contributed by atoms with Gasteiger partial charge >= 0.3 is 0 Å². The highest BCUT2D eigenvalue weighted by Gasteiger charge is 1.81. The van der Waals surface area contributed by atoms with E-state index in [2.05, 4.69) is 27.6 Å². The molecule has 4 heteroatoms. The molecular weight excluding hydrogens is 241 g/mol. The van der Waals surface area contributed by atoms with Crippen LogP contribution in [0, 0.1) is 5.41 Å². The predicted octanol–water partition coefficient (Wildman–Crippen LogP) is 1.23. The van der Waals surface area contributed by atoms with Crippen LogP contribution in [-0.4, -0.2) is 9.55 Å². The van der Waals surface area contributed by atoms with Crippen LogP contribution in [-0.2, 0) is 0 Å². The molecule has 0 radical (unpaired) electrons. The second-order valence-corrected chi connectivity index (χ2v) is 2.37. The van der Waals surface area contributed by atoms with Crippen LogP contribution in [0.15, 0.2) is 22.7 Å². The van der Waals surface area contributed by atoms with Gasteiger partial charge in [0.1, 0.15) is 11.8 Å². The topological polar surface area (TPSA) is 41.7 Å². The summed E-state index contributed by atoms with van der Waals surface area (Å²) in [5.41, 5.74) is 0.433. The first-order valence-corrected chi connectivity index (χ1v) is 3.93. The highest BCUT2D eigenvalue weighted by atomic mass is 127. The van der Waals surface area contributed by atoms with Crippen molar-refractivity contribution >= 4 is 28.8 Å². The van der Waals surface area contributed by atoms with Crippen LogP contribution in [0.3, 0.4) is 0 Å². The normalized spacial score (nSPS) is 10.5. The maximum Gasteiger partial charge on any atom is 0.131 e. The van der Waals surface area contributed by atoms with Gasteiger partial charge < -0.3 is 0 Å². The van der Waals surface area contributed by atoms with E-state index in [1.165, 1.54) is 0 Å². The molecule has 0 saturated carbocycles. The molecule has 0 aliphatic heterocycles. The zero-order valence-corrected chi connectivity index (χ0v) is 7.32. The Hall–Kier alpha value is -0.650. The Balaban J connectivity index is 3.16. The van der Waals surface area contributed by atoms with E-state index in [4.69, 9.17) is 5.41 Å². The van der Waals surface area contributed by atoms with E-state index in [0.717, 1.165) is 0 Å². The Morgan fingerprint density at radius 3 is 3.10 bits per heavy atom. The summed E-state index contributed by atoms with van der Waals surface area (Å²) < 4.78 is 3.46. The SMILES string of the molecule is N=c1ccncn1/C=C\I. The Bertz CT molecular complexity index is 289. The molecule has 1 rings (SSSR count). The van der Waals surface area contributed by atoms with Gasteiger partial charge in [0, 0.05) is 12.4 Å². The molecule has 0 amide bonds. The number of hydrogen-bond donors (Lipinski definition) is 1. The van der Waals surface area contributed by atoms with Crippen molar-refractivity contribution in [2.24, 2.45) is 0 Å². The zero-order chi connectivity index (χ0) is 7.40. The van der Waals surface area contributed by atoms with E-state index >= 15 is 0 Å². The standard InChI is InChI=1S/C6H6IN3/c7-2-4-10-5-9-3-1-6(10)8/h1-5,8H/b4-2-,8-6?. The van der Waals surface area contributed by atoms with Crippen LogP contribution in [0.2, 0.25) is 0 Å². The number of halogens is 1. The van der Waals surface area contributed by atoms with Gasteiger partial charge in [0.25, 0.3) is 0 Å². The molecule has 52 valence electrons. The van der Waals surface area contributed by atoms with Crippen molar-refractivity contribution in [2.75, 3.05) is 0 Å². The summed E-state index contributed by atoms with van der Waals surface area (Å²) in [4.78, 5) is 3.85. The minimum atomic E-state index is 0.433. The van der Waals surface area contributed by atoms with Crippen LogP contribution in [0.1, 0.15) is 0 Å². The van der Waals surface area contributed by atoms with Crippen LogP contribution in [0.4, 0.5) is 0 Å². The van der Waals surface area contributed by atoms with Crippen molar-refractivity contribution in [1.29, 1.82) is 5.41 Å².